The summed E-state index contributed by atoms with van der Waals surface area (Å²) in [7, 11) is 0. The summed E-state index contributed by atoms with van der Waals surface area (Å²) in [6.07, 6.45) is 1.50. The Morgan fingerprint density at radius 2 is 1.80 bits per heavy atom. The van der Waals surface area contributed by atoms with Crippen molar-refractivity contribution in [3.63, 3.8) is 0 Å². The first kappa shape index (κ1) is 29.6. The summed E-state index contributed by atoms with van der Waals surface area (Å²) in [6.45, 7) is 3.73. The van der Waals surface area contributed by atoms with Crippen molar-refractivity contribution in [2.24, 2.45) is 5.10 Å². The SMILES string of the molecule is CCOC(=O)C1=C(C)NC(=S)N[C@@H]1c1ccccc1OCC(=O)NN=Cc1ccccc1OCc1cccc(Cl)c1. The minimum absolute atomic E-state index is 0.226. The number of halogens is 1. The molecule has 0 saturated heterocycles. The highest BCUT2D eigenvalue weighted by molar-refractivity contribution is 7.80. The molecular formula is C30H29ClN4O5S. The van der Waals surface area contributed by atoms with Gasteiger partial charge in [0, 0.05) is 21.8 Å². The fourth-order valence-corrected chi connectivity index (χ4v) is 4.60. The van der Waals surface area contributed by atoms with E-state index in [1.165, 1.54) is 6.21 Å². The highest BCUT2D eigenvalue weighted by Gasteiger charge is 2.32. The van der Waals surface area contributed by atoms with Crippen LogP contribution in [-0.4, -0.2) is 36.4 Å². The predicted molar refractivity (Wildman–Crippen MR) is 161 cm³/mol. The number of ether oxygens (including phenoxy) is 3. The fourth-order valence-electron chi connectivity index (χ4n) is 4.11. The molecule has 0 bridgehead atoms. The van der Waals surface area contributed by atoms with E-state index in [9.17, 15) is 9.59 Å². The zero-order valence-electron chi connectivity index (χ0n) is 22.5. The number of hydrogen-bond donors (Lipinski definition) is 3. The number of para-hydroxylation sites is 2. The maximum absolute atomic E-state index is 12.7. The maximum Gasteiger partial charge on any atom is 0.338 e. The third-order valence-corrected chi connectivity index (χ3v) is 6.40. The van der Waals surface area contributed by atoms with Crippen LogP contribution < -0.4 is 25.5 Å². The van der Waals surface area contributed by atoms with Crippen LogP contribution >= 0.6 is 23.8 Å². The molecule has 1 atom stereocenters. The largest absolute Gasteiger partial charge is 0.488 e. The summed E-state index contributed by atoms with van der Waals surface area (Å²) >= 11 is 11.4. The molecule has 3 aromatic carbocycles. The van der Waals surface area contributed by atoms with Gasteiger partial charge in [0.15, 0.2) is 11.7 Å². The third kappa shape index (κ3) is 8.06. The second kappa shape index (κ2) is 14.3. The molecule has 212 valence electrons. The molecule has 9 nitrogen and oxygen atoms in total. The lowest BCUT2D eigenvalue weighted by molar-refractivity contribution is -0.139. The van der Waals surface area contributed by atoms with Crippen molar-refractivity contribution in [2.45, 2.75) is 26.5 Å². The highest BCUT2D eigenvalue weighted by Crippen LogP contribution is 2.33. The second-order valence-electron chi connectivity index (χ2n) is 8.87. The van der Waals surface area contributed by atoms with Gasteiger partial charge in [-0.25, -0.2) is 10.2 Å². The normalized spacial score (nSPS) is 14.7. The number of allylic oxidation sites excluding steroid dienone is 1. The smallest absolute Gasteiger partial charge is 0.338 e. The van der Waals surface area contributed by atoms with E-state index in [0.29, 0.717) is 50.6 Å². The minimum Gasteiger partial charge on any atom is -0.488 e. The Kier molecular flexibility index (Phi) is 10.3. The van der Waals surface area contributed by atoms with Crippen LogP contribution in [0.4, 0.5) is 0 Å². The first-order valence-corrected chi connectivity index (χ1v) is 13.6. The molecule has 11 heteroatoms. The van der Waals surface area contributed by atoms with Crippen molar-refractivity contribution in [3.05, 3.63) is 106 Å². The molecule has 0 radical (unpaired) electrons. The number of nitrogens with zero attached hydrogens (tertiary/aromatic N) is 1. The van der Waals surface area contributed by atoms with Crippen LogP contribution in [0.2, 0.25) is 5.02 Å². The summed E-state index contributed by atoms with van der Waals surface area (Å²) in [5.74, 6) is 0.0581. The van der Waals surface area contributed by atoms with Gasteiger partial charge in [-0.15, -0.1) is 0 Å². The average molecular weight is 593 g/mol. The molecule has 0 aliphatic carbocycles. The van der Waals surface area contributed by atoms with E-state index in [0.717, 1.165) is 5.56 Å². The van der Waals surface area contributed by atoms with E-state index in [1.807, 2.05) is 48.5 Å². The van der Waals surface area contributed by atoms with Crippen LogP contribution in [0, 0.1) is 0 Å². The zero-order chi connectivity index (χ0) is 29.2. The fraction of sp³-hybridized carbons (Fsp3) is 0.200. The van der Waals surface area contributed by atoms with Gasteiger partial charge in [0.25, 0.3) is 5.91 Å². The molecule has 3 N–H and O–H groups in total. The summed E-state index contributed by atoms with van der Waals surface area (Å²) in [5.41, 5.74) is 5.66. The van der Waals surface area contributed by atoms with Gasteiger partial charge in [-0.05, 0) is 62.0 Å². The molecule has 1 aliphatic rings. The van der Waals surface area contributed by atoms with Crippen molar-refractivity contribution in [1.29, 1.82) is 0 Å². The molecule has 3 aromatic rings. The van der Waals surface area contributed by atoms with E-state index in [2.05, 4.69) is 21.2 Å². The van der Waals surface area contributed by atoms with Crippen LogP contribution in [-0.2, 0) is 20.9 Å². The number of rotatable bonds is 11. The number of benzene rings is 3. The number of hydrogen-bond acceptors (Lipinski definition) is 7. The molecule has 0 unspecified atom stereocenters. The monoisotopic (exact) mass is 592 g/mol. The molecule has 0 spiro atoms. The Morgan fingerprint density at radius 3 is 2.59 bits per heavy atom. The lowest BCUT2D eigenvalue weighted by atomic mass is 9.95. The molecular weight excluding hydrogens is 564 g/mol. The number of carbonyl (C=O) groups excluding carboxylic acids is 2. The van der Waals surface area contributed by atoms with Crippen LogP contribution in [0.1, 0.15) is 36.6 Å². The van der Waals surface area contributed by atoms with Crippen LogP contribution in [0.3, 0.4) is 0 Å². The Bertz CT molecular complexity index is 1490. The van der Waals surface area contributed by atoms with Crippen molar-refractivity contribution in [3.8, 4) is 11.5 Å². The van der Waals surface area contributed by atoms with Crippen molar-refractivity contribution in [2.75, 3.05) is 13.2 Å². The predicted octanol–water partition coefficient (Wildman–Crippen LogP) is 4.80. The number of esters is 1. The number of nitrogens with one attached hydrogen (secondary N) is 3. The van der Waals surface area contributed by atoms with E-state index in [4.69, 9.17) is 38.0 Å². The Hall–Kier alpha value is -4.41. The summed E-state index contributed by atoms with van der Waals surface area (Å²) in [4.78, 5) is 25.3. The molecule has 1 heterocycles. The molecule has 0 fully saturated rings. The summed E-state index contributed by atoms with van der Waals surface area (Å²) in [5, 5.41) is 11.1. The van der Waals surface area contributed by atoms with Gasteiger partial charge in [-0.3, -0.25) is 4.79 Å². The quantitative estimate of drug-likeness (QED) is 0.126. The van der Waals surface area contributed by atoms with Crippen LogP contribution in [0.25, 0.3) is 0 Å². The van der Waals surface area contributed by atoms with E-state index < -0.39 is 17.9 Å². The first-order valence-electron chi connectivity index (χ1n) is 12.8. The topological polar surface area (TPSA) is 110 Å². The lowest BCUT2D eigenvalue weighted by Crippen LogP contribution is -2.45. The van der Waals surface area contributed by atoms with Gasteiger partial charge < -0.3 is 24.8 Å². The molecule has 0 saturated carbocycles. The molecule has 1 amide bonds. The highest BCUT2D eigenvalue weighted by atomic mass is 35.5. The summed E-state index contributed by atoms with van der Waals surface area (Å²) in [6, 6.07) is 21.2. The third-order valence-electron chi connectivity index (χ3n) is 5.95. The van der Waals surface area contributed by atoms with E-state index >= 15 is 0 Å². The Balaban J connectivity index is 1.39. The molecule has 0 aromatic heterocycles. The Morgan fingerprint density at radius 1 is 1.05 bits per heavy atom. The van der Waals surface area contributed by atoms with Crippen LogP contribution in [0.15, 0.2) is 89.2 Å². The van der Waals surface area contributed by atoms with Crippen molar-refractivity contribution in [1.82, 2.24) is 16.1 Å². The number of thiocarbonyl (C=S) groups is 1. The van der Waals surface area contributed by atoms with Crippen molar-refractivity contribution >= 4 is 47.0 Å². The van der Waals surface area contributed by atoms with Gasteiger partial charge in [0.1, 0.15) is 18.1 Å². The van der Waals surface area contributed by atoms with Gasteiger partial charge in [0.05, 0.1) is 24.4 Å². The standard InChI is InChI=1S/C30H29ClN4O5S/c1-3-38-29(37)27-19(2)33-30(41)34-28(27)23-12-5-7-14-25(23)40-18-26(36)35-32-16-21-10-4-6-13-24(21)39-17-20-9-8-11-22(31)15-20/h4-16,28H,3,17-18H2,1-2H3,(H,35,36)(H2,33,34,41)/t28-/m1/s1. The molecule has 1 aliphatic heterocycles. The van der Waals surface area contributed by atoms with Gasteiger partial charge in [0.2, 0.25) is 0 Å². The van der Waals surface area contributed by atoms with E-state index in [-0.39, 0.29) is 13.2 Å². The molecule has 4 rings (SSSR count). The Labute approximate surface area is 248 Å². The number of amides is 1. The first-order chi connectivity index (χ1) is 19.9. The van der Waals surface area contributed by atoms with Gasteiger partial charge in [-0.2, -0.15) is 5.10 Å². The van der Waals surface area contributed by atoms with E-state index in [1.54, 1.807) is 38.1 Å². The lowest BCUT2D eigenvalue weighted by Gasteiger charge is -2.30. The minimum atomic E-state index is -0.622. The zero-order valence-corrected chi connectivity index (χ0v) is 24.1. The van der Waals surface area contributed by atoms with Gasteiger partial charge in [-0.1, -0.05) is 54.1 Å². The number of hydrazone groups is 1. The number of carbonyl (C=O) groups is 2. The molecule has 41 heavy (non-hydrogen) atoms. The van der Waals surface area contributed by atoms with Gasteiger partial charge >= 0.3 is 5.97 Å². The van der Waals surface area contributed by atoms with Crippen LogP contribution in [0.5, 0.6) is 11.5 Å². The second-order valence-corrected chi connectivity index (χ2v) is 9.71. The summed E-state index contributed by atoms with van der Waals surface area (Å²) < 4.78 is 17.0. The average Bonchev–Trinajstić information content (AvgIpc) is 2.95. The maximum atomic E-state index is 12.7. The van der Waals surface area contributed by atoms with Crippen molar-refractivity contribution < 1.29 is 23.8 Å².